The number of rotatable bonds is 5. The molecule has 0 saturated heterocycles. The van der Waals surface area contributed by atoms with Gasteiger partial charge in [-0.15, -0.1) is 9.24 Å². The number of halogens is 1. The topological polar surface area (TPSA) is 0 Å². The van der Waals surface area contributed by atoms with Crippen molar-refractivity contribution in [1.29, 1.82) is 0 Å². The van der Waals surface area contributed by atoms with Crippen LogP contribution in [0.25, 0.3) is 0 Å². The molecule has 0 amide bonds. The Bertz CT molecular complexity index is 183. The van der Waals surface area contributed by atoms with E-state index in [1.54, 1.807) is 0 Å². The van der Waals surface area contributed by atoms with Gasteiger partial charge in [-0.2, -0.15) is 0 Å². The van der Waals surface area contributed by atoms with E-state index in [4.69, 9.17) is 11.6 Å². The monoisotopic (exact) mass is 218 g/mol. The largest absolute Gasteiger partial charge is 0.134 e. The molecule has 2 atom stereocenters. The summed E-state index contributed by atoms with van der Waals surface area (Å²) < 4.78 is 0. The molecule has 0 nitrogen and oxygen atoms in total. The molecule has 2 heteroatoms. The maximum absolute atomic E-state index is 6.03. The van der Waals surface area contributed by atoms with E-state index in [1.165, 1.54) is 6.42 Å². The number of hydrogen-bond donors (Lipinski definition) is 0. The summed E-state index contributed by atoms with van der Waals surface area (Å²) in [5.41, 5.74) is 0.606. The molecule has 0 aromatic carbocycles. The van der Waals surface area contributed by atoms with Gasteiger partial charge < -0.3 is 0 Å². The highest BCUT2D eigenvalue weighted by atomic mass is 35.5. The Morgan fingerprint density at radius 1 is 1.46 bits per heavy atom. The zero-order valence-electron chi connectivity index (χ0n) is 8.76. The third-order valence-electron chi connectivity index (χ3n) is 1.70. The minimum Gasteiger partial charge on any atom is -0.134 e. The standard InChI is InChI=1S/C11H20ClP/c1-4-5-6-10(12)8-11(13)7-9(2)3/h4-6,9,11H,7-8,13H2,1-3H3/b5-4-,10-6+. The molecule has 0 aliphatic rings. The zero-order valence-corrected chi connectivity index (χ0v) is 10.7. The van der Waals surface area contributed by atoms with Crippen LogP contribution in [-0.2, 0) is 0 Å². The second-order valence-corrected chi connectivity index (χ2v) is 5.16. The van der Waals surface area contributed by atoms with E-state index in [9.17, 15) is 0 Å². The van der Waals surface area contributed by atoms with E-state index in [-0.39, 0.29) is 0 Å². The molecule has 0 aromatic rings. The fourth-order valence-corrected chi connectivity index (χ4v) is 2.43. The predicted octanol–water partition coefficient (Wildman–Crippen LogP) is 4.37. The van der Waals surface area contributed by atoms with Crippen molar-refractivity contribution in [3.05, 3.63) is 23.3 Å². The third kappa shape index (κ3) is 8.53. The maximum Gasteiger partial charge on any atom is 0.0186 e. The summed E-state index contributed by atoms with van der Waals surface area (Å²) in [6, 6.07) is 0. The Hall–Kier alpha value is 0.200. The molecule has 0 rings (SSSR count). The second kappa shape index (κ2) is 7.59. The van der Waals surface area contributed by atoms with Crippen LogP contribution in [-0.4, -0.2) is 5.66 Å². The van der Waals surface area contributed by atoms with Crippen LogP contribution in [0.3, 0.4) is 0 Å². The molecule has 2 unspecified atom stereocenters. The molecule has 76 valence electrons. The second-order valence-electron chi connectivity index (χ2n) is 3.73. The van der Waals surface area contributed by atoms with E-state index in [0.717, 1.165) is 17.4 Å². The fourth-order valence-electron chi connectivity index (χ4n) is 1.21. The summed E-state index contributed by atoms with van der Waals surface area (Å²) in [5.74, 6) is 0.744. The fraction of sp³-hybridized carbons (Fsp3) is 0.636. The SMILES string of the molecule is C/C=C\C=C(\Cl)CC(P)CC(C)C. The summed E-state index contributed by atoms with van der Waals surface area (Å²) in [6.07, 6.45) is 8.12. The van der Waals surface area contributed by atoms with Crippen LogP contribution in [0.1, 0.15) is 33.6 Å². The van der Waals surface area contributed by atoms with E-state index in [0.29, 0.717) is 5.66 Å². The van der Waals surface area contributed by atoms with Crippen molar-refractivity contribution in [3.63, 3.8) is 0 Å². The van der Waals surface area contributed by atoms with Gasteiger partial charge in [0.25, 0.3) is 0 Å². The van der Waals surface area contributed by atoms with Gasteiger partial charge in [0.05, 0.1) is 0 Å². The molecule has 0 saturated carbocycles. The normalized spacial score (nSPS) is 15.7. The van der Waals surface area contributed by atoms with Crippen molar-refractivity contribution in [2.75, 3.05) is 0 Å². The summed E-state index contributed by atoms with van der Waals surface area (Å²) in [6.45, 7) is 6.47. The molecule has 0 heterocycles. The van der Waals surface area contributed by atoms with Crippen molar-refractivity contribution in [3.8, 4) is 0 Å². The molecule has 0 aromatic heterocycles. The van der Waals surface area contributed by atoms with Crippen molar-refractivity contribution in [2.45, 2.75) is 39.3 Å². The third-order valence-corrected chi connectivity index (χ3v) is 2.49. The van der Waals surface area contributed by atoms with Crippen LogP contribution in [0.2, 0.25) is 0 Å². The van der Waals surface area contributed by atoms with Gasteiger partial charge >= 0.3 is 0 Å². The lowest BCUT2D eigenvalue weighted by Crippen LogP contribution is -2.02. The molecule has 13 heavy (non-hydrogen) atoms. The van der Waals surface area contributed by atoms with Crippen LogP contribution in [0.5, 0.6) is 0 Å². The Morgan fingerprint density at radius 2 is 2.08 bits per heavy atom. The first kappa shape index (κ1) is 13.2. The van der Waals surface area contributed by atoms with Crippen molar-refractivity contribution >= 4 is 20.8 Å². The molecule has 0 aliphatic carbocycles. The van der Waals surface area contributed by atoms with Crippen molar-refractivity contribution in [1.82, 2.24) is 0 Å². The molecule has 0 spiro atoms. The minimum absolute atomic E-state index is 0.606. The predicted molar refractivity (Wildman–Crippen MR) is 66.3 cm³/mol. The quantitative estimate of drug-likeness (QED) is 0.475. The average Bonchev–Trinajstić information content (AvgIpc) is 1.98. The molecule has 0 aliphatic heterocycles. The van der Waals surface area contributed by atoms with Gasteiger partial charge in [-0.3, -0.25) is 0 Å². The van der Waals surface area contributed by atoms with Gasteiger partial charge in [0.2, 0.25) is 0 Å². The highest BCUT2D eigenvalue weighted by Gasteiger charge is 2.06. The van der Waals surface area contributed by atoms with Crippen molar-refractivity contribution < 1.29 is 0 Å². The molecular weight excluding hydrogens is 199 g/mol. The van der Waals surface area contributed by atoms with Gasteiger partial charge in [-0.05, 0) is 37.4 Å². The van der Waals surface area contributed by atoms with Gasteiger partial charge in [-0.25, -0.2) is 0 Å². The van der Waals surface area contributed by atoms with Crippen LogP contribution in [0.4, 0.5) is 0 Å². The van der Waals surface area contributed by atoms with E-state index in [1.807, 2.05) is 25.2 Å². The highest BCUT2D eigenvalue weighted by Crippen LogP contribution is 2.22. The van der Waals surface area contributed by atoms with Gasteiger partial charge in [0, 0.05) is 5.03 Å². The summed E-state index contributed by atoms with van der Waals surface area (Å²) in [4.78, 5) is 0. The first-order valence-corrected chi connectivity index (χ1v) is 5.83. The van der Waals surface area contributed by atoms with Crippen LogP contribution >= 0.6 is 20.8 Å². The summed E-state index contributed by atoms with van der Waals surface area (Å²) in [5, 5.41) is 0.943. The Labute approximate surface area is 89.6 Å². The van der Waals surface area contributed by atoms with Crippen LogP contribution in [0, 0.1) is 5.92 Å². The smallest absolute Gasteiger partial charge is 0.0186 e. The van der Waals surface area contributed by atoms with E-state index >= 15 is 0 Å². The maximum atomic E-state index is 6.03. The Balaban J connectivity index is 3.83. The number of hydrogen-bond acceptors (Lipinski definition) is 0. The van der Waals surface area contributed by atoms with Gasteiger partial charge in [0.15, 0.2) is 0 Å². The lowest BCUT2D eigenvalue weighted by molar-refractivity contribution is 0.568. The van der Waals surface area contributed by atoms with E-state index in [2.05, 4.69) is 23.1 Å². The van der Waals surface area contributed by atoms with E-state index < -0.39 is 0 Å². The van der Waals surface area contributed by atoms with Crippen LogP contribution < -0.4 is 0 Å². The molecular formula is C11H20ClP. The van der Waals surface area contributed by atoms with Gasteiger partial charge in [0.1, 0.15) is 0 Å². The van der Waals surface area contributed by atoms with Gasteiger partial charge in [-0.1, -0.05) is 37.6 Å². The summed E-state index contributed by atoms with van der Waals surface area (Å²) >= 11 is 6.03. The first-order chi connectivity index (χ1) is 6.06. The molecule has 0 bridgehead atoms. The Morgan fingerprint density at radius 3 is 2.54 bits per heavy atom. The Kier molecular flexibility index (Phi) is 7.71. The molecule has 0 radical (unpaired) electrons. The minimum atomic E-state index is 0.606. The summed E-state index contributed by atoms with van der Waals surface area (Å²) in [7, 11) is 2.86. The first-order valence-electron chi connectivity index (χ1n) is 4.79. The van der Waals surface area contributed by atoms with Crippen molar-refractivity contribution in [2.24, 2.45) is 5.92 Å². The van der Waals surface area contributed by atoms with Crippen LogP contribution in [0.15, 0.2) is 23.3 Å². The molecule has 0 fully saturated rings. The average molecular weight is 219 g/mol. The lowest BCUT2D eigenvalue weighted by atomic mass is 10.1. The zero-order chi connectivity index (χ0) is 10.3. The molecule has 0 N–H and O–H groups in total. The number of allylic oxidation sites excluding steroid dienone is 4. The lowest BCUT2D eigenvalue weighted by Gasteiger charge is -2.12. The highest BCUT2D eigenvalue weighted by molar-refractivity contribution is 7.17.